The normalized spacial score (nSPS) is 38.9. The Morgan fingerprint density at radius 3 is 2.29 bits per heavy atom. The van der Waals surface area contributed by atoms with Gasteiger partial charge < -0.3 is 0 Å². The molecule has 38 heavy (non-hydrogen) atoms. The molecule has 1 aromatic carbocycles. The first-order chi connectivity index (χ1) is 18.1. The largest absolute Gasteiger partial charge is 0.271 e. The van der Waals surface area contributed by atoms with Gasteiger partial charge in [0, 0.05) is 6.04 Å². The van der Waals surface area contributed by atoms with Crippen LogP contribution in [0.4, 0.5) is 0 Å². The van der Waals surface area contributed by atoms with E-state index in [0.29, 0.717) is 16.5 Å². The lowest BCUT2D eigenvalue weighted by Gasteiger charge is -2.59. The Labute approximate surface area is 230 Å². The maximum absolute atomic E-state index is 13.2. The number of carbonyl (C=O) groups is 2. The van der Waals surface area contributed by atoms with Gasteiger partial charge in [-0.1, -0.05) is 77.7 Å². The van der Waals surface area contributed by atoms with Gasteiger partial charge in [-0.05, 0) is 110 Å². The minimum atomic E-state index is -0.0820. The van der Waals surface area contributed by atoms with Crippen molar-refractivity contribution < 1.29 is 9.59 Å². The van der Waals surface area contributed by atoms with E-state index in [9.17, 15) is 9.59 Å². The highest BCUT2D eigenvalue weighted by Crippen LogP contribution is 2.67. The third kappa shape index (κ3) is 3.96. The summed E-state index contributed by atoms with van der Waals surface area (Å²) in [5, 5.41) is 0. The Morgan fingerprint density at radius 2 is 1.61 bits per heavy atom. The molecule has 1 aromatic rings. The lowest BCUT2D eigenvalue weighted by Crippen LogP contribution is -2.52. The highest BCUT2D eigenvalue weighted by Gasteiger charge is 2.59. The average Bonchev–Trinajstić information content (AvgIpc) is 3.37. The van der Waals surface area contributed by atoms with Gasteiger partial charge in [-0.3, -0.25) is 14.5 Å². The minimum absolute atomic E-state index is 0.00896. The Bertz CT molecular complexity index is 1100. The van der Waals surface area contributed by atoms with Gasteiger partial charge in [-0.2, -0.15) is 0 Å². The second-order valence-electron chi connectivity index (χ2n) is 14.7. The van der Waals surface area contributed by atoms with Crippen LogP contribution in [-0.4, -0.2) is 22.8 Å². The maximum Gasteiger partial charge on any atom is 0.261 e. The molecule has 206 valence electrons. The van der Waals surface area contributed by atoms with Crippen LogP contribution < -0.4 is 0 Å². The van der Waals surface area contributed by atoms with Crippen molar-refractivity contribution in [3.8, 4) is 0 Å². The summed E-state index contributed by atoms with van der Waals surface area (Å²) in [6, 6.07) is 7.37. The molecule has 2 amide bonds. The number of allylic oxidation sites excluding steroid dienone is 1. The fraction of sp³-hybridized carbons (Fsp3) is 0.714. The highest BCUT2D eigenvalue weighted by molar-refractivity contribution is 6.21. The summed E-state index contributed by atoms with van der Waals surface area (Å²) >= 11 is 0. The fourth-order valence-electron chi connectivity index (χ4n) is 10.4. The van der Waals surface area contributed by atoms with E-state index in [1.54, 1.807) is 10.5 Å². The molecule has 0 N–H and O–H groups in total. The summed E-state index contributed by atoms with van der Waals surface area (Å²) in [7, 11) is 0. The van der Waals surface area contributed by atoms with Crippen molar-refractivity contribution in [2.75, 3.05) is 0 Å². The highest BCUT2D eigenvalue weighted by atomic mass is 16.2. The van der Waals surface area contributed by atoms with Crippen LogP contribution >= 0.6 is 0 Å². The van der Waals surface area contributed by atoms with Crippen LogP contribution in [0, 0.1) is 46.3 Å². The zero-order valence-electron chi connectivity index (χ0n) is 24.5. The SMILES string of the molecule is CC(C)CCC[C@@H](C)C1CC[C@H]2[C@@H]3CC=C4CC(N5C(=O)c6ccccc6C5=O)CCC4(C)C3CC[C@]12C. The quantitative estimate of drug-likeness (QED) is 0.281. The van der Waals surface area contributed by atoms with Gasteiger partial charge in [0.2, 0.25) is 0 Å². The van der Waals surface area contributed by atoms with E-state index < -0.39 is 0 Å². The van der Waals surface area contributed by atoms with Crippen LogP contribution in [0.2, 0.25) is 0 Å². The number of amides is 2. The third-order valence-electron chi connectivity index (χ3n) is 12.5. The smallest absolute Gasteiger partial charge is 0.261 e. The first-order valence-electron chi connectivity index (χ1n) is 15.8. The number of hydrogen-bond acceptors (Lipinski definition) is 2. The van der Waals surface area contributed by atoms with Crippen molar-refractivity contribution in [3.63, 3.8) is 0 Å². The molecule has 0 radical (unpaired) electrons. The van der Waals surface area contributed by atoms with E-state index >= 15 is 0 Å². The lowest BCUT2D eigenvalue weighted by atomic mass is 9.46. The molecule has 4 unspecified atom stereocenters. The molecular formula is C35H49NO2. The van der Waals surface area contributed by atoms with Crippen molar-refractivity contribution in [1.29, 1.82) is 0 Å². The zero-order chi connectivity index (χ0) is 26.8. The van der Waals surface area contributed by atoms with Gasteiger partial charge in [-0.25, -0.2) is 0 Å². The van der Waals surface area contributed by atoms with Gasteiger partial charge in [0.05, 0.1) is 11.1 Å². The Hall–Kier alpha value is -1.90. The number of fused-ring (bicyclic) bond motifs is 6. The summed E-state index contributed by atoms with van der Waals surface area (Å²) in [5.74, 6) is 4.83. The molecule has 3 nitrogen and oxygen atoms in total. The van der Waals surface area contributed by atoms with E-state index in [1.165, 1.54) is 51.4 Å². The molecule has 3 fully saturated rings. The van der Waals surface area contributed by atoms with Gasteiger partial charge in [0.25, 0.3) is 11.8 Å². The molecule has 8 atom stereocenters. The molecule has 3 heteroatoms. The lowest BCUT2D eigenvalue weighted by molar-refractivity contribution is -0.0533. The molecule has 0 bridgehead atoms. The fourth-order valence-corrected chi connectivity index (χ4v) is 10.4. The van der Waals surface area contributed by atoms with Crippen molar-refractivity contribution in [3.05, 3.63) is 47.0 Å². The number of carbonyl (C=O) groups excluding carboxylic acids is 2. The summed E-state index contributed by atoms with van der Waals surface area (Å²) in [6.45, 7) is 12.5. The molecule has 3 saturated carbocycles. The summed E-state index contributed by atoms with van der Waals surface area (Å²) in [4.78, 5) is 28.0. The Morgan fingerprint density at radius 1 is 0.895 bits per heavy atom. The summed E-state index contributed by atoms with van der Waals surface area (Å²) in [5.41, 5.74) is 3.47. The van der Waals surface area contributed by atoms with E-state index in [4.69, 9.17) is 0 Å². The van der Waals surface area contributed by atoms with E-state index in [2.05, 4.69) is 40.7 Å². The van der Waals surface area contributed by atoms with E-state index in [0.717, 1.165) is 54.8 Å². The van der Waals surface area contributed by atoms with Crippen molar-refractivity contribution in [1.82, 2.24) is 4.90 Å². The van der Waals surface area contributed by atoms with Crippen LogP contribution in [0.15, 0.2) is 35.9 Å². The van der Waals surface area contributed by atoms with Gasteiger partial charge in [-0.15, -0.1) is 0 Å². The average molecular weight is 516 g/mol. The predicted molar refractivity (Wildman–Crippen MR) is 154 cm³/mol. The maximum atomic E-state index is 13.2. The van der Waals surface area contributed by atoms with Gasteiger partial charge in [0.15, 0.2) is 0 Å². The van der Waals surface area contributed by atoms with Crippen LogP contribution in [0.1, 0.15) is 126 Å². The molecular weight excluding hydrogens is 466 g/mol. The monoisotopic (exact) mass is 515 g/mol. The number of nitrogens with zero attached hydrogens (tertiary/aromatic N) is 1. The van der Waals surface area contributed by atoms with Crippen LogP contribution in [-0.2, 0) is 0 Å². The zero-order valence-corrected chi connectivity index (χ0v) is 24.5. The first-order valence-corrected chi connectivity index (χ1v) is 15.8. The Balaban J connectivity index is 1.18. The second-order valence-corrected chi connectivity index (χ2v) is 14.7. The number of benzene rings is 1. The first kappa shape index (κ1) is 26.3. The molecule has 1 aliphatic heterocycles. The standard InChI is InChI=1S/C35H49NO2/c1-22(2)9-8-10-23(3)29-15-16-30-28-14-13-24-21-25(17-19-34(24,4)31(28)18-20-35(29,30)5)36-32(37)26-11-6-7-12-27(26)33(36)38/h6-7,11-13,22-23,25,28-31H,8-10,14-21H2,1-5H3/t23-,25?,28+,29?,30+,31?,34?,35-/m1/s1. The van der Waals surface area contributed by atoms with Crippen molar-refractivity contribution in [2.45, 2.75) is 111 Å². The molecule has 0 spiro atoms. The molecule has 4 aliphatic carbocycles. The third-order valence-corrected chi connectivity index (χ3v) is 12.5. The van der Waals surface area contributed by atoms with E-state index in [-0.39, 0.29) is 23.3 Å². The topological polar surface area (TPSA) is 37.4 Å². The van der Waals surface area contributed by atoms with Crippen molar-refractivity contribution in [2.24, 2.45) is 46.3 Å². The Kier molecular flexibility index (Phi) is 6.67. The van der Waals surface area contributed by atoms with Crippen LogP contribution in [0.5, 0.6) is 0 Å². The summed E-state index contributed by atoms with van der Waals surface area (Å²) in [6.07, 6.45) is 16.5. The molecule has 1 heterocycles. The second kappa shape index (κ2) is 9.63. The number of imide groups is 1. The van der Waals surface area contributed by atoms with Crippen LogP contribution in [0.25, 0.3) is 0 Å². The minimum Gasteiger partial charge on any atom is -0.271 e. The van der Waals surface area contributed by atoms with Gasteiger partial charge >= 0.3 is 0 Å². The number of rotatable bonds is 6. The molecule has 0 aromatic heterocycles. The molecule has 6 rings (SSSR count). The number of hydrogen-bond donors (Lipinski definition) is 0. The van der Waals surface area contributed by atoms with Crippen LogP contribution in [0.3, 0.4) is 0 Å². The molecule has 0 saturated heterocycles. The van der Waals surface area contributed by atoms with E-state index in [1.807, 2.05) is 24.3 Å². The summed E-state index contributed by atoms with van der Waals surface area (Å²) < 4.78 is 0. The van der Waals surface area contributed by atoms with Gasteiger partial charge in [0.1, 0.15) is 0 Å². The predicted octanol–water partition coefficient (Wildman–Crippen LogP) is 8.69. The molecule has 5 aliphatic rings. The van der Waals surface area contributed by atoms with Crippen molar-refractivity contribution >= 4 is 11.8 Å².